The molecule has 41 nitrogen and oxygen atoms in total. The third-order valence-electron chi connectivity index (χ3n) is 18.0. The number of likely N-dealkylation sites (tertiary alicyclic amines) is 1. The third-order valence-corrected chi connectivity index (χ3v) is 18.0. The molecule has 3 rings (SSSR count). The quantitative estimate of drug-likeness (QED) is 0.0293. The number of benzene rings is 1. The van der Waals surface area contributed by atoms with Crippen molar-refractivity contribution in [1.82, 2.24) is 79.0 Å². The van der Waals surface area contributed by atoms with Crippen LogP contribution in [0.1, 0.15) is 127 Å². The van der Waals surface area contributed by atoms with E-state index in [0.717, 1.165) is 25.7 Å². The second-order valence-corrected chi connectivity index (χ2v) is 28.2. The molecule has 110 heavy (non-hydrogen) atoms. The number of aliphatic hydroxyl groups excluding tert-OH is 5. The van der Waals surface area contributed by atoms with Crippen LogP contribution >= 0.6 is 0 Å². The molecule has 17 atom stereocenters. The summed E-state index contributed by atoms with van der Waals surface area (Å²) in [6.07, 6.45) is -4.35. The molecule has 1 saturated heterocycles. The first kappa shape index (κ1) is 93.7. The molecule has 1 aromatic heterocycles. The summed E-state index contributed by atoms with van der Waals surface area (Å²) in [6, 6.07) is -13.7. The lowest BCUT2D eigenvalue weighted by atomic mass is 9.96. The van der Waals surface area contributed by atoms with Crippen molar-refractivity contribution in [3.05, 3.63) is 36.0 Å². The fraction of sp³-hybridized carbons (Fsp3) is 0.638. The van der Waals surface area contributed by atoms with Gasteiger partial charge in [-0.2, -0.15) is 0 Å². The van der Waals surface area contributed by atoms with Crippen LogP contribution in [-0.4, -0.2) is 271 Å². The van der Waals surface area contributed by atoms with Gasteiger partial charge in [-0.3, -0.25) is 76.7 Å². The van der Waals surface area contributed by atoms with E-state index in [2.05, 4.69) is 68.8 Å². The molecule has 614 valence electrons. The van der Waals surface area contributed by atoms with E-state index < -0.39 is 248 Å². The van der Waals surface area contributed by atoms with Crippen molar-refractivity contribution < 1.29 is 112 Å². The summed E-state index contributed by atoms with van der Waals surface area (Å²) >= 11 is 0. The normalized spacial score (nSPS) is 17.1. The molecule has 0 aliphatic carbocycles. The zero-order chi connectivity index (χ0) is 83.3. The molecule has 41 heteroatoms. The molecule has 0 radical (unpaired) electrons. The van der Waals surface area contributed by atoms with Gasteiger partial charge in [-0.05, 0) is 81.8 Å². The van der Waals surface area contributed by atoms with E-state index in [1.165, 1.54) is 27.7 Å². The lowest BCUT2D eigenvalue weighted by Gasteiger charge is -2.30. The number of carboxylic acid groups (broad SMARTS) is 1. The van der Waals surface area contributed by atoms with Crippen LogP contribution in [0, 0.1) is 23.7 Å². The SMILES string of the molecule is CC[C@H](C)[C@H](NC(=O)[C@H](CC(N)=O)NC(=O)[C@@H](NC(=O)[C@@H](N)CCC(N)=O)[C@@H](C)O)C(=O)N[C@@H](Cc1c[nH]c2ccccc12)C(=O)NCC(=O)N1CCC[C@H]1C(=O)NCC(=O)N[C@H](C(=O)N[C@@H](CC(C)C)C(=O)N[C@H](C(=O)N[C@H](C(=O)N[C@H](C(=O)N[C@@H](CO)C(=O)N[C@@H](CO)C(=O)O)C(C)C)[C@@H](C)O)C(C)C)[C@@H](C)O. The van der Waals surface area contributed by atoms with Crippen LogP contribution in [0.3, 0.4) is 0 Å². The average molecular weight is 1560 g/mol. The van der Waals surface area contributed by atoms with Crippen LogP contribution in [0.25, 0.3) is 10.9 Å². The molecule has 16 amide bonds. The van der Waals surface area contributed by atoms with Crippen molar-refractivity contribution in [2.24, 2.45) is 40.9 Å². The minimum absolute atomic E-state index is 0.00867. The fourth-order valence-corrected chi connectivity index (χ4v) is 11.4. The van der Waals surface area contributed by atoms with E-state index in [-0.39, 0.29) is 57.4 Å². The number of fused-ring (bicyclic) bond motifs is 1. The number of hydrogen-bond donors (Lipinski definition) is 23. The zero-order valence-electron chi connectivity index (χ0n) is 63.4. The predicted octanol–water partition coefficient (Wildman–Crippen LogP) is -8.65. The largest absolute Gasteiger partial charge is 0.480 e. The lowest BCUT2D eigenvalue weighted by Crippen LogP contribution is -2.63. The van der Waals surface area contributed by atoms with E-state index in [1.807, 2.05) is 5.32 Å². The van der Waals surface area contributed by atoms with Crippen molar-refractivity contribution in [3.63, 3.8) is 0 Å². The first-order valence-corrected chi connectivity index (χ1v) is 36.0. The third kappa shape index (κ3) is 29.2. The number of carbonyl (C=O) groups is 17. The van der Waals surface area contributed by atoms with Gasteiger partial charge >= 0.3 is 5.97 Å². The Morgan fingerprint density at radius 1 is 0.518 bits per heavy atom. The van der Waals surface area contributed by atoms with Crippen LogP contribution in [0.5, 0.6) is 0 Å². The Labute approximate surface area is 634 Å². The number of nitrogens with one attached hydrogen (secondary N) is 14. The highest BCUT2D eigenvalue weighted by molar-refractivity contribution is 6.01. The molecule has 1 fully saturated rings. The molecular formula is C69H110N18O23. The smallest absolute Gasteiger partial charge is 0.328 e. The van der Waals surface area contributed by atoms with Crippen molar-refractivity contribution in [2.75, 3.05) is 32.8 Å². The number of aliphatic hydroxyl groups is 5. The summed E-state index contributed by atoms with van der Waals surface area (Å²) in [5.41, 5.74) is 17.6. The maximum atomic E-state index is 14.5. The van der Waals surface area contributed by atoms with Gasteiger partial charge in [0.15, 0.2) is 0 Å². The number of primary amides is 2. The number of hydrogen-bond acceptors (Lipinski definition) is 23. The maximum Gasteiger partial charge on any atom is 0.328 e. The molecule has 0 bridgehead atoms. The van der Waals surface area contributed by atoms with Crippen molar-refractivity contribution in [2.45, 2.75) is 224 Å². The Hall–Kier alpha value is -10.5. The average Bonchev–Trinajstić information content (AvgIpc) is 1.63. The molecule has 2 heterocycles. The Morgan fingerprint density at radius 3 is 1.50 bits per heavy atom. The lowest BCUT2D eigenvalue weighted by molar-refractivity contribution is -0.143. The predicted molar refractivity (Wildman–Crippen MR) is 390 cm³/mol. The highest BCUT2D eigenvalue weighted by atomic mass is 16.4. The van der Waals surface area contributed by atoms with Gasteiger partial charge in [0.25, 0.3) is 0 Å². The molecule has 1 aliphatic rings. The number of aromatic amines is 1. The Balaban J connectivity index is 1.76. The van der Waals surface area contributed by atoms with Crippen molar-refractivity contribution in [1.29, 1.82) is 0 Å². The van der Waals surface area contributed by atoms with E-state index in [4.69, 9.17) is 17.2 Å². The summed E-state index contributed by atoms with van der Waals surface area (Å²) in [7, 11) is 0. The van der Waals surface area contributed by atoms with Gasteiger partial charge < -0.3 is 127 Å². The van der Waals surface area contributed by atoms with Crippen LogP contribution < -0.4 is 86.3 Å². The van der Waals surface area contributed by atoms with Gasteiger partial charge in [0.2, 0.25) is 94.5 Å². The van der Waals surface area contributed by atoms with Crippen LogP contribution in [0.4, 0.5) is 0 Å². The number of H-pyrrole nitrogens is 1. The molecule has 0 unspecified atom stereocenters. The van der Waals surface area contributed by atoms with Gasteiger partial charge in [-0.1, -0.05) is 80.0 Å². The number of carboxylic acids is 1. The summed E-state index contributed by atoms with van der Waals surface area (Å²) in [5.74, 6) is -20.2. The Kier molecular flexibility index (Phi) is 38.2. The monoisotopic (exact) mass is 1560 g/mol. The van der Waals surface area contributed by atoms with Crippen LogP contribution in [0.15, 0.2) is 30.5 Å². The molecule has 0 spiro atoms. The Morgan fingerprint density at radius 2 is 0.973 bits per heavy atom. The number of aromatic nitrogens is 1. The number of amides is 16. The van der Waals surface area contributed by atoms with Crippen LogP contribution in [0.2, 0.25) is 0 Å². The van der Waals surface area contributed by atoms with E-state index in [0.29, 0.717) is 16.5 Å². The second kappa shape index (κ2) is 44.9. The van der Waals surface area contributed by atoms with Gasteiger partial charge in [0, 0.05) is 36.5 Å². The van der Waals surface area contributed by atoms with Crippen molar-refractivity contribution in [3.8, 4) is 0 Å². The minimum atomic E-state index is -1.81. The number of para-hydroxylation sites is 1. The van der Waals surface area contributed by atoms with Crippen molar-refractivity contribution >= 4 is 111 Å². The first-order chi connectivity index (χ1) is 51.5. The number of nitrogens with zero attached hydrogens (tertiary/aromatic N) is 1. The van der Waals surface area contributed by atoms with E-state index in [9.17, 15) is 112 Å². The van der Waals surface area contributed by atoms with Crippen LogP contribution in [-0.2, 0) is 87.9 Å². The first-order valence-electron chi connectivity index (χ1n) is 36.0. The van der Waals surface area contributed by atoms with E-state index >= 15 is 0 Å². The van der Waals surface area contributed by atoms with E-state index in [1.54, 1.807) is 58.2 Å². The highest BCUT2D eigenvalue weighted by Crippen LogP contribution is 2.22. The number of nitrogens with two attached hydrogens (primary N) is 3. The molecule has 1 aromatic carbocycles. The standard InChI is InChI=1S/C69H110N18O23/c1-12-33(8)53(84-60(100)43(24-48(72)94)78-67(107)55(35(10)91)85-57(97)39(70)19-20-47(71)93)65(105)77-42(23-37-25-73-40-17-14-13-16-38(37)40)58(98)75-27-50(96)87-21-15-18-46(87)62(102)74-26-49(95)81-54(34(9)90)66(106)76-41(22-30(2)3)59(99)82-52(32(6)7)64(104)86-56(36(11)92)68(108)83-51(31(4)5)63(103)79-44(28-88)61(101)80-45(29-89)69(109)110/h13-14,16-17,25,30-36,39,41-46,51-56,73,88-92H,12,15,18-24,26-29,70H2,1-11H3,(H2,71,93)(H2,72,94)(H,74,102)(H,75,98)(H,76,106)(H,77,105)(H,78,107)(H,79,103)(H,80,101)(H,81,95)(H,82,99)(H,83,108)(H,84,100)(H,85,97)(H,86,104)(H,109,110)/t33-,34+,35+,36+,39-,41-,42-,43-,44-,45-,46-,51-,52-,53-,54-,55-,56-/m0/s1. The molecule has 2 aromatic rings. The molecular weight excluding hydrogens is 1450 g/mol. The summed E-state index contributed by atoms with van der Waals surface area (Å²) in [5, 5.41) is 91.8. The molecule has 26 N–H and O–H groups in total. The van der Waals surface area contributed by atoms with Gasteiger partial charge in [0.1, 0.15) is 72.5 Å². The minimum Gasteiger partial charge on any atom is -0.480 e. The Bertz CT molecular complexity index is 3590. The van der Waals surface area contributed by atoms with Gasteiger partial charge in [0.05, 0.1) is 57.1 Å². The number of aliphatic carboxylic acids is 1. The molecule has 1 aliphatic heterocycles. The number of carbonyl (C=O) groups excluding carboxylic acids is 16. The highest BCUT2D eigenvalue weighted by Gasteiger charge is 2.41. The zero-order valence-corrected chi connectivity index (χ0v) is 63.4. The second-order valence-electron chi connectivity index (χ2n) is 28.2. The molecule has 0 saturated carbocycles. The maximum absolute atomic E-state index is 14.5. The summed E-state index contributed by atoms with van der Waals surface area (Å²) < 4.78 is 0. The summed E-state index contributed by atoms with van der Waals surface area (Å²) in [6.45, 7) is 12.4. The van der Waals surface area contributed by atoms with Gasteiger partial charge in [-0.15, -0.1) is 0 Å². The van der Waals surface area contributed by atoms with Gasteiger partial charge in [-0.25, -0.2) is 4.79 Å². The topological polar surface area (TPSA) is 665 Å². The fourth-order valence-electron chi connectivity index (χ4n) is 11.4. The number of rotatable bonds is 46. The summed E-state index contributed by atoms with van der Waals surface area (Å²) in [4.78, 5) is 232.